The van der Waals surface area contributed by atoms with Gasteiger partial charge in [0.1, 0.15) is 5.75 Å². The van der Waals surface area contributed by atoms with Crippen molar-refractivity contribution >= 4 is 11.5 Å². The van der Waals surface area contributed by atoms with E-state index < -0.39 is 0 Å². The van der Waals surface area contributed by atoms with E-state index >= 15 is 0 Å². The lowest BCUT2D eigenvalue weighted by atomic mass is 10.1. The lowest BCUT2D eigenvalue weighted by molar-refractivity contribution is 0.101. The van der Waals surface area contributed by atoms with Crippen molar-refractivity contribution in [3.05, 3.63) is 23.8 Å². The summed E-state index contributed by atoms with van der Waals surface area (Å²) >= 11 is 0. The summed E-state index contributed by atoms with van der Waals surface area (Å²) in [7, 11) is 3.77. The Morgan fingerprint density at radius 1 is 1.38 bits per heavy atom. The molecule has 0 aliphatic heterocycles. The van der Waals surface area contributed by atoms with Crippen LogP contribution in [-0.2, 0) is 0 Å². The lowest BCUT2D eigenvalue weighted by Crippen LogP contribution is -2.09. The maximum atomic E-state index is 11.1. The molecular weight excluding hydrogens is 166 g/mol. The average Bonchev–Trinajstić information content (AvgIpc) is 2.04. The smallest absolute Gasteiger partial charge is 0.163 e. The third-order valence-electron chi connectivity index (χ3n) is 1.88. The molecule has 1 aromatic rings. The predicted octanol–water partition coefficient (Wildman–Crippen LogP) is 1.66. The van der Waals surface area contributed by atoms with Gasteiger partial charge in [-0.3, -0.25) is 4.79 Å². The Bertz CT molecular complexity index is 332. The predicted molar refractivity (Wildman–Crippen MR) is 52.4 cm³/mol. The lowest BCUT2D eigenvalue weighted by Gasteiger charge is -2.13. The maximum Gasteiger partial charge on any atom is 0.163 e. The van der Waals surface area contributed by atoms with Crippen LogP contribution in [0.15, 0.2) is 18.2 Å². The van der Waals surface area contributed by atoms with Crippen molar-refractivity contribution in [3.8, 4) is 5.75 Å². The molecule has 13 heavy (non-hydrogen) atoms. The summed E-state index contributed by atoms with van der Waals surface area (Å²) in [6.45, 7) is 1.44. The monoisotopic (exact) mass is 179 g/mol. The molecule has 70 valence electrons. The third kappa shape index (κ3) is 1.99. The van der Waals surface area contributed by atoms with Crippen molar-refractivity contribution in [2.75, 3.05) is 19.0 Å². The summed E-state index contributed by atoms with van der Waals surface area (Å²) in [6.07, 6.45) is 0. The largest absolute Gasteiger partial charge is 0.507 e. The van der Waals surface area contributed by atoms with E-state index in [-0.39, 0.29) is 11.5 Å². The van der Waals surface area contributed by atoms with Gasteiger partial charge in [0.05, 0.1) is 5.56 Å². The van der Waals surface area contributed by atoms with Crippen LogP contribution in [0.3, 0.4) is 0 Å². The summed E-state index contributed by atoms with van der Waals surface area (Å²) in [5.74, 6) is -0.0840. The molecule has 1 N–H and O–H groups in total. The van der Waals surface area contributed by atoms with Crippen LogP contribution in [0.5, 0.6) is 5.75 Å². The van der Waals surface area contributed by atoms with Gasteiger partial charge in [-0.2, -0.15) is 0 Å². The molecule has 3 heteroatoms. The van der Waals surface area contributed by atoms with Crippen LogP contribution < -0.4 is 4.90 Å². The van der Waals surface area contributed by atoms with Gasteiger partial charge < -0.3 is 10.0 Å². The molecule has 0 fully saturated rings. The third-order valence-corrected chi connectivity index (χ3v) is 1.88. The molecule has 0 radical (unpaired) electrons. The number of hydrogen-bond donors (Lipinski definition) is 1. The quantitative estimate of drug-likeness (QED) is 0.702. The van der Waals surface area contributed by atoms with Crippen molar-refractivity contribution in [2.45, 2.75) is 6.92 Å². The minimum atomic E-state index is -0.124. The van der Waals surface area contributed by atoms with E-state index in [0.717, 1.165) is 5.69 Å². The molecule has 0 aromatic heterocycles. The number of ketones is 1. The number of hydrogen-bond acceptors (Lipinski definition) is 3. The maximum absolute atomic E-state index is 11.1. The van der Waals surface area contributed by atoms with E-state index in [9.17, 15) is 9.90 Å². The number of phenolic OH excluding ortho intramolecular Hbond substituents is 1. The second kappa shape index (κ2) is 3.47. The van der Waals surface area contributed by atoms with Gasteiger partial charge in [0.25, 0.3) is 0 Å². The SMILES string of the molecule is CC(=O)c1cc(N(C)C)ccc1O. The Labute approximate surface area is 77.6 Å². The molecule has 1 aromatic carbocycles. The molecule has 0 saturated heterocycles. The van der Waals surface area contributed by atoms with Crippen LogP contribution in [-0.4, -0.2) is 25.0 Å². The fourth-order valence-electron chi connectivity index (χ4n) is 1.08. The van der Waals surface area contributed by atoms with Crippen LogP contribution in [0.25, 0.3) is 0 Å². The van der Waals surface area contributed by atoms with E-state index in [1.54, 1.807) is 12.1 Å². The number of carbonyl (C=O) groups excluding carboxylic acids is 1. The fourth-order valence-corrected chi connectivity index (χ4v) is 1.08. The van der Waals surface area contributed by atoms with Crippen molar-refractivity contribution in [1.29, 1.82) is 0 Å². The summed E-state index contributed by atoms with van der Waals surface area (Å²) < 4.78 is 0. The highest BCUT2D eigenvalue weighted by atomic mass is 16.3. The molecule has 0 amide bonds. The highest BCUT2D eigenvalue weighted by Crippen LogP contribution is 2.23. The van der Waals surface area contributed by atoms with E-state index in [0.29, 0.717) is 5.56 Å². The van der Waals surface area contributed by atoms with Crippen LogP contribution in [0.1, 0.15) is 17.3 Å². The Kier molecular flexibility index (Phi) is 2.56. The molecule has 0 aliphatic carbocycles. The highest BCUT2D eigenvalue weighted by Gasteiger charge is 2.07. The summed E-state index contributed by atoms with van der Waals surface area (Å²) in [6, 6.07) is 4.98. The van der Waals surface area contributed by atoms with Crippen LogP contribution in [0, 0.1) is 0 Å². The van der Waals surface area contributed by atoms with E-state index in [4.69, 9.17) is 0 Å². The van der Waals surface area contributed by atoms with Gasteiger partial charge in [0.15, 0.2) is 5.78 Å². The van der Waals surface area contributed by atoms with Crippen molar-refractivity contribution in [3.63, 3.8) is 0 Å². The molecule has 0 saturated carbocycles. The topological polar surface area (TPSA) is 40.5 Å². The number of anilines is 1. The second-order valence-corrected chi connectivity index (χ2v) is 3.15. The number of aromatic hydroxyl groups is 1. The van der Waals surface area contributed by atoms with E-state index in [1.165, 1.54) is 13.0 Å². The first-order valence-corrected chi connectivity index (χ1v) is 4.03. The first-order valence-electron chi connectivity index (χ1n) is 4.03. The van der Waals surface area contributed by atoms with Crippen LogP contribution in [0.4, 0.5) is 5.69 Å². The summed E-state index contributed by atoms with van der Waals surface area (Å²) in [5, 5.41) is 9.35. The zero-order valence-corrected chi connectivity index (χ0v) is 8.03. The molecule has 0 bridgehead atoms. The zero-order valence-electron chi connectivity index (χ0n) is 8.03. The minimum Gasteiger partial charge on any atom is -0.507 e. The van der Waals surface area contributed by atoms with Gasteiger partial charge in [0, 0.05) is 19.8 Å². The Morgan fingerprint density at radius 2 is 2.00 bits per heavy atom. The first kappa shape index (κ1) is 9.58. The number of Topliss-reactive ketones (excluding diaryl/α,β-unsaturated/α-hetero) is 1. The van der Waals surface area contributed by atoms with E-state index in [2.05, 4.69) is 0 Å². The molecule has 0 atom stereocenters. The zero-order chi connectivity index (χ0) is 10.0. The molecule has 0 aliphatic rings. The van der Waals surface area contributed by atoms with Gasteiger partial charge in [-0.15, -0.1) is 0 Å². The van der Waals surface area contributed by atoms with E-state index in [1.807, 2.05) is 19.0 Å². The minimum absolute atomic E-state index is 0.0399. The van der Waals surface area contributed by atoms with Crippen molar-refractivity contribution in [1.82, 2.24) is 0 Å². The number of benzene rings is 1. The number of carbonyl (C=O) groups is 1. The van der Waals surface area contributed by atoms with Gasteiger partial charge >= 0.3 is 0 Å². The Balaban J connectivity index is 3.19. The molecular formula is C10H13NO2. The Hall–Kier alpha value is -1.51. The van der Waals surface area contributed by atoms with Crippen LogP contribution >= 0.6 is 0 Å². The van der Waals surface area contributed by atoms with Gasteiger partial charge in [0.2, 0.25) is 0 Å². The van der Waals surface area contributed by atoms with Crippen molar-refractivity contribution in [2.24, 2.45) is 0 Å². The molecule has 0 unspecified atom stereocenters. The molecule has 0 heterocycles. The number of nitrogens with zero attached hydrogens (tertiary/aromatic N) is 1. The average molecular weight is 179 g/mol. The normalized spacial score (nSPS) is 9.77. The fraction of sp³-hybridized carbons (Fsp3) is 0.300. The second-order valence-electron chi connectivity index (χ2n) is 3.15. The van der Waals surface area contributed by atoms with Crippen LogP contribution in [0.2, 0.25) is 0 Å². The number of rotatable bonds is 2. The van der Waals surface area contributed by atoms with Crippen molar-refractivity contribution < 1.29 is 9.90 Å². The van der Waals surface area contributed by atoms with Gasteiger partial charge in [-0.25, -0.2) is 0 Å². The molecule has 3 nitrogen and oxygen atoms in total. The highest BCUT2D eigenvalue weighted by molar-refractivity contribution is 5.97. The summed E-state index contributed by atoms with van der Waals surface area (Å²) in [5.41, 5.74) is 1.27. The standard InChI is InChI=1S/C10H13NO2/c1-7(12)9-6-8(11(2)3)4-5-10(9)13/h4-6,13H,1-3H3. The number of phenols is 1. The Morgan fingerprint density at radius 3 is 2.46 bits per heavy atom. The molecule has 1 rings (SSSR count). The summed E-state index contributed by atoms with van der Waals surface area (Å²) in [4.78, 5) is 12.9. The van der Waals surface area contributed by atoms with Gasteiger partial charge in [-0.1, -0.05) is 0 Å². The van der Waals surface area contributed by atoms with Gasteiger partial charge in [-0.05, 0) is 25.1 Å². The molecule has 0 spiro atoms. The first-order chi connectivity index (χ1) is 6.02.